The number of ether oxygens (including phenoxy) is 2. The lowest BCUT2D eigenvalue weighted by atomic mass is 10.0. The minimum Gasteiger partial charge on any atom is -0.462 e. The maximum atomic E-state index is 12.4. The normalized spacial score (nSPS) is 14.4. The number of phosphoric acid groups is 1. The van der Waals surface area contributed by atoms with Crippen molar-refractivity contribution < 1.29 is 48.2 Å². The first-order valence-electron chi connectivity index (χ1n) is 20.4. The van der Waals surface area contributed by atoms with Crippen molar-refractivity contribution in [3.8, 4) is 0 Å². The van der Waals surface area contributed by atoms with Gasteiger partial charge in [-0.25, -0.2) is 4.57 Å². The van der Waals surface area contributed by atoms with Gasteiger partial charge in [0.1, 0.15) is 6.61 Å². The zero-order valence-electron chi connectivity index (χ0n) is 33.3. The van der Waals surface area contributed by atoms with E-state index in [1.54, 1.807) is 0 Å². The molecule has 2 unspecified atom stereocenters. The molecule has 0 aliphatic carbocycles. The Morgan fingerprint density at radius 2 is 1.02 bits per heavy atom. The van der Waals surface area contributed by atoms with E-state index in [0.29, 0.717) is 12.8 Å². The molecule has 0 aliphatic rings. The van der Waals surface area contributed by atoms with Gasteiger partial charge in [0.25, 0.3) is 0 Å². The molecule has 0 heterocycles. The van der Waals surface area contributed by atoms with Gasteiger partial charge in [0, 0.05) is 12.8 Å². The van der Waals surface area contributed by atoms with Crippen LogP contribution in [0.1, 0.15) is 155 Å². The van der Waals surface area contributed by atoms with Crippen molar-refractivity contribution in [2.24, 2.45) is 0 Å². The summed E-state index contributed by atoms with van der Waals surface area (Å²) >= 11 is 0. The number of aliphatic hydroxyl groups excluding tert-OH is 2. The minimum absolute atomic E-state index is 0.0606. The standard InChI is InChI=1S/C43H73O10P/c1-3-5-7-9-11-13-15-17-18-19-20-21-23-25-27-29-31-35-43(47)53-39(38-52-54(48,49)50)37-51-42(46)36-32-34-41(45)40(44)33-30-28-26-24-22-16-14-12-10-8-6-4-2/h12,14,17-18,20-22,24-25,27-28,30,39-41,44-45H,3-11,13,15-16,19,23,26,29,31-38H2,1-2H3,(H2,48,49,50)/b14-12-,18-17-,21-20-,24-22-,27-25-,30-28-/t39-,40?,41?/m1/s1. The fraction of sp³-hybridized carbons (Fsp3) is 0.674. The molecule has 0 aliphatic heterocycles. The lowest BCUT2D eigenvalue weighted by Gasteiger charge is -2.19. The van der Waals surface area contributed by atoms with Gasteiger partial charge in [-0.3, -0.25) is 14.1 Å². The van der Waals surface area contributed by atoms with Crippen molar-refractivity contribution in [1.82, 2.24) is 0 Å². The van der Waals surface area contributed by atoms with Gasteiger partial charge in [0.05, 0.1) is 18.8 Å². The summed E-state index contributed by atoms with van der Waals surface area (Å²) in [5.41, 5.74) is 0. The highest BCUT2D eigenvalue weighted by molar-refractivity contribution is 7.46. The lowest BCUT2D eigenvalue weighted by Crippen LogP contribution is -2.29. The quantitative estimate of drug-likeness (QED) is 0.0209. The minimum atomic E-state index is -4.84. The molecular formula is C43H73O10P. The average molecular weight is 781 g/mol. The monoisotopic (exact) mass is 780 g/mol. The molecule has 0 radical (unpaired) electrons. The maximum absolute atomic E-state index is 12.4. The summed E-state index contributed by atoms with van der Waals surface area (Å²) in [7, 11) is -4.84. The van der Waals surface area contributed by atoms with Gasteiger partial charge in [-0.1, -0.05) is 132 Å². The highest BCUT2D eigenvalue weighted by atomic mass is 31.2. The summed E-state index contributed by atoms with van der Waals surface area (Å²) in [5, 5.41) is 20.5. The number of hydrogen-bond donors (Lipinski definition) is 4. The summed E-state index contributed by atoms with van der Waals surface area (Å²) in [4.78, 5) is 42.8. The number of phosphoric ester groups is 1. The predicted molar refractivity (Wildman–Crippen MR) is 219 cm³/mol. The summed E-state index contributed by atoms with van der Waals surface area (Å²) in [6.07, 6.45) is 40.9. The van der Waals surface area contributed by atoms with Crippen LogP contribution in [0, 0.1) is 0 Å². The third kappa shape index (κ3) is 37.7. The van der Waals surface area contributed by atoms with E-state index in [-0.39, 0.29) is 32.1 Å². The fourth-order valence-electron chi connectivity index (χ4n) is 5.20. The number of allylic oxidation sites excluding steroid dienone is 11. The summed E-state index contributed by atoms with van der Waals surface area (Å²) in [6, 6.07) is 0. The van der Waals surface area contributed by atoms with Crippen molar-refractivity contribution in [3.63, 3.8) is 0 Å². The molecule has 0 saturated carbocycles. The topological polar surface area (TPSA) is 160 Å². The molecule has 54 heavy (non-hydrogen) atoms. The van der Waals surface area contributed by atoms with E-state index in [1.807, 2.05) is 24.3 Å². The molecule has 0 aromatic carbocycles. The average Bonchev–Trinajstić information content (AvgIpc) is 3.13. The third-order valence-corrected chi connectivity index (χ3v) is 8.88. The Kier molecular flexibility index (Phi) is 35.5. The maximum Gasteiger partial charge on any atom is 0.469 e. The van der Waals surface area contributed by atoms with Crippen LogP contribution >= 0.6 is 7.82 Å². The van der Waals surface area contributed by atoms with Crippen LogP contribution < -0.4 is 0 Å². The summed E-state index contributed by atoms with van der Waals surface area (Å²) in [5.74, 6) is -1.24. The molecule has 0 fully saturated rings. The van der Waals surface area contributed by atoms with E-state index in [4.69, 9.17) is 19.3 Å². The molecule has 10 nitrogen and oxygen atoms in total. The molecule has 4 N–H and O–H groups in total. The van der Waals surface area contributed by atoms with E-state index in [1.165, 1.54) is 57.8 Å². The zero-order chi connectivity index (χ0) is 40.0. The van der Waals surface area contributed by atoms with Crippen LogP contribution in [-0.4, -0.2) is 63.5 Å². The predicted octanol–water partition coefficient (Wildman–Crippen LogP) is 10.2. The van der Waals surface area contributed by atoms with E-state index < -0.39 is 51.3 Å². The van der Waals surface area contributed by atoms with Gasteiger partial charge in [-0.2, -0.15) is 0 Å². The number of esters is 2. The first-order chi connectivity index (χ1) is 26.1. The van der Waals surface area contributed by atoms with Gasteiger partial charge < -0.3 is 29.5 Å². The van der Waals surface area contributed by atoms with Gasteiger partial charge in [0.15, 0.2) is 6.10 Å². The van der Waals surface area contributed by atoms with Crippen molar-refractivity contribution in [1.29, 1.82) is 0 Å². The Hall–Kier alpha value is -2.59. The Morgan fingerprint density at radius 1 is 0.556 bits per heavy atom. The fourth-order valence-corrected chi connectivity index (χ4v) is 5.56. The van der Waals surface area contributed by atoms with Gasteiger partial charge in [0.2, 0.25) is 0 Å². The van der Waals surface area contributed by atoms with E-state index >= 15 is 0 Å². The van der Waals surface area contributed by atoms with Crippen LogP contribution in [0.15, 0.2) is 72.9 Å². The van der Waals surface area contributed by atoms with Crippen LogP contribution in [0.25, 0.3) is 0 Å². The molecule has 0 bridgehead atoms. The van der Waals surface area contributed by atoms with Gasteiger partial charge >= 0.3 is 19.8 Å². The highest BCUT2D eigenvalue weighted by Gasteiger charge is 2.23. The summed E-state index contributed by atoms with van der Waals surface area (Å²) in [6.45, 7) is 3.34. The van der Waals surface area contributed by atoms with Crippen LogP contribution in [0.4, 0.5) is 0 Å². The Morgan fingerprint density at radius 3 is 1.59 bits per heavy atom. The first kappa shape index (κ1) is 51.4. The van der Waals surface area contributed by atoms with Gasteiger partial charge in [-0.05, 0) is 83.5 Å². The molecule has 0 amide bonds. The smallest absolute Gasteiger partial charge is 0.462 e. The Labute approximate surface area is 326 Å². The molecule has 11 heteroatoms. The van der Waals surface area contributed by atoms with Crippen LogP contribution in [-0.2, 0) is 28.2 Å². The van der Waals surface area contributed by atoms with Crippen molar-refractivity contribution in [2.75, 3.05) is 13.2 Å². The van der Waals surface area contributed by atoms with E-state index in [2.05, 4.69) is 67.0 Å². The second-order valence-corrected chi connectivity index (χ2v) is 14.8. The Balaban J connectivity index is 4.28. The van der Waals surface area contributed by atoms with Crippen LogP contribution in [0.3, 0.4) is 0 Å². The Bertz CT molecular complexity index is 1140. The SMILES string of the molecule is CCCCC/C=C\C/C=C\C/C=C\CC(O)C(O)CCCC(=O)OC[C@H](COP(=O)(O)O)OC(=O)CCC/C=C\C/C=C\C/C=C\CCCCCCCC. The third-order valence-electron chi connectivity index (χ3n) is 8.40. The van der Waals surface area contributed by atoms with Crippen molar-refractivity contribution in [3.05, 3.63) is 72.9 Å². The molecule has 0 saturated heterocycles. The molecule has 0 aromatic rings. The number of aliphatic hydroxyl groups is 2. The van der Waals surface area contributed by atoms with Crippen molar-refractivity contribution >= 4 is 19.8 Å². The number of unbranched alkanes of at least 4 members (excludes halogenated alkanes) is 10. The summed E-state index contributed by atoms with van der Waals surface area (Å²) < 4.78 is 26.1. The highest BCUT2D eigenvalue weighted by Crippen LogP contribution is 2.36. The van der Waals surface area contributed by atoms with Crippen LogP contribution in [0.5, 0.6) is 0 Å². The van der Waals surface area contributed by atoms with Crippen molar-refractivity contribution in [2.45, 2.75) is 173 Å². The molecule has 0 aromatic heterocycles. The molecule has 310 valence electrons. The lowest BCUT2D eigenvalue weighted by molar-refractivity contribution is -0.161. The molecule has 0 spiro atoms. The second-order valence-electron chi connectivity index (χ2n) is 13.6. The second kappa shape index (κ2) is 37.3. The number of carbonyl (C=O) groups excluding carboxylic acids is 2. The van der Waals surface area contributed by atoms with E-state index in [0.717, 1.165) is 38.5 Å². The number of carbonyl (C=O) groups is 2. The molecular weight excluding hydrogens is 707 g/mol. The number of rotatable bonds is 36. The number of hydrogen-bond acceptors (Lipinski definition) is 8. The van der Waals surface area contributed by atoms with E-state index in [9.17, 15) is 24.4 Å². The molecule has 0 rings (SSSR count). The largest absolute Gasteiger partial charge is 0.469 e. The van der Waals surface area contributed by atoms with Crippen LogP contribution in [0.2, 0.25) is 0 Å². The first-order valence-corrected chi connectivity index (χ1v) is 21.9. The molecule has 3 atom stereocenters. The van der Waals surface area contributed by atoms with Gasteiger partial charge in [-0.15, -0.1) is 0 Å². The zero-order valence-corrected chi connectivity index (χ0v) is 34.2.